The summed E-state index contributed by atoms with van der Waals surface area (Å²) in [4.78, 5) is 17.7. The minimum absolute atomic E-state index is 0.125. The first-order valence-electron chi connectivity index (χ1n) is 10.7. The summed E-state index contributed by atoms with van der Waals surface area (Å²) in [6.07, 6.45) is 3.51. The molecule has 2 aromatic rings. The minimum Gasteiger partial charge on any atom is -0.497 e. The third-order valence-electron chi connectivity index (χ3n) is 6.31. The van der Waals surface area contributed by atoms with E-state index < -0.39 is 0 Å². The van der Waals surface area contributed by atoms with Gasteiger partial charge in [0.05, 0.1) is 25.8 Å². The van der Waals surface area contributed by atoms with E-state index in [1.54, 1.807) is 32.4 Å². The number of benzene rings is 2. The topological polar surface area (TPSA) is 54.0 Å². The predicted molar refractivity (Wildman–Crippen MR) is 119 cm³/mol. The number of anilines is 1. The van der Waals surface area contributed by atoms with Crippen molar-refractivity contribution in [2.24, 2.45) is 0 Å². The lowest BCUT2D eigenvalue weighted by Gasteiger charge is -2.29. The number of likely N-dealkylation sites (tertiary alicyclic amines) is 1. The Hall–Kier alpha value is -2.73. The van der Waals surface area contributed by atoms with Gasteiger partial charge in [0.15, 0.2) is 0 Å². The molecule has 2 aliphatic heterocycles. The number of fused-ring (bicyclic) bond motifs is 1. The quantitative estimate of drug-likeness (QED) is 0.761. The summed E-state index contributed by atoms with van der Waals surface area (Å²) in [7, 11) is 5.32. The van der Waals surface area contributed by atoms with Gasteiger partial charge >= 0.3 is 0 Å². The van der Waals surface area contributed by atoms with Crippen molar-refractivity contribution < 1.29 is 14.3 Å². The number of ether oxygens (including phenoxy) is 2. The summed E-state index contributed by atoms with van der Waals surface area (Å²) in [5.74, 6) is 1.06. The van der Waals surface area contributed by atoms with Crippen molar-refractivity contribution in [1.29, 1.82) is 0 Å². The van der Waals surface area contributed by atoms with E-state index >= 15 is 0 Å². The fourth-order valence-electron chi connectivity index (χ4n) is 4.58. The van der Waals surface area contributed by atoms with Crippen LogP contribution in [0.1, 0.15) is 40.4 Å². The average molecular weight is 410 g/mol. The van der Waals surface area contributed by atoms with Gasteiger partial charge in [0.1, 0.15) is 11.5 Å². The molecular weight excluding hydrogens is 378 g/mol. The molecule has 2 aromatic carbocycles. The molecule has 4 rings (SSSR count). The van der Waals surface area contributed by atoms with Crippen LogP contribution in [-0.2, 0) is 6.42 Å². The fourth-order valence-corrected chi connectivity index (χ4v) is 4.58. The van der Waals surface area contributed by atoms with Crippen LogP contribution >= 0.6 is 0 Å². The second kappa shape index (κ2) is 8.96. The van der Waals surface area contributed by atoms with Gasteiger partial charge < -0.3 is 19.7 Å². The van der Waals surface area contributed by atoms with E-state index in [4.69, 9.17) is 9.47 Å². The van der Waals surface area contributed by atoms with Gasteiger partial charge in [-0.25, -0.2) is 0 Å². The summed E-state index contributed by atoms with van der Waals surface area (Å²) in [6, 6.07) is 12.2. The molecule has 0 aromatic heterocycles. The maximum absolute atomic E-state index is 12.9. The largest absolute Gasteiger partial charge is 0.497 e. The number of rotatable bonds is 7. The van der Waals surface area contributed by atoms with Crippen molar-refractivity contribution in [3.8, 4) is 11.5 Å². The Balaban J connectivity index is 1.53. The van der Waals surface area contributed by atoms with E-state index in [-0.39, 0.29) is 11.9 Å². The first-order chi connectivity index (χ1) is 14.6. The van der Waals surface area contributed by atoms with Gasteiger partial charge in [-0.2, -0.15) is 0 Å². The number of carbonyl (C=O) groups excluding carboxylic acids is 1. The van der Waals surface area contributed by atoms with Gasteiger partial charge in [-0.1, -0.05) is 12.1 Å². The van der Waals surface area contributed by atoms with Gasteiger partial charge in [0.2, 0.25) is 0 Å². The highest BCUT2D eigenvalue weighted by Gasteiger charge is 2.26. The maximum atomic E-state index is 12.9. The number of likely N-dealkylation sites (N-methyl/N-ethyl adjacent to an activating group) is 1. The second-order valence-electron chi connectivity index (χ2n) is 8.09. The van der Waals surface area contributed by atoms with Crippen molar-refractivity contribution in [2.75, 3.05) is 52.3 Å². The van der Waals surface area contributed by atoms with Crippen molar-refractivity contribution in [2.45, 2.75) is 25.3 Å². The van der Waals surface area contributed by atoms with E-state index in [9.17, 15) is 4.79 Å². The lowest BCUT2D eigenvalue weighted by atomic mass is 10.0. The van der Waals surface area contributed by atoms with Crippen LogP contribution < -0.4 is 19.7 Å². The van der Waals surface area contributed by atoms with E-state index in [0.29, 0.717) is 23.6 Å². The summed E-state index contributed by atoms with van der Waals surface area (Å²) < 4.78 is 10.6. The Morgan fingerprint density at radius 1 is 1.07 bits per heavy atom. The molecule has 1 saturated heterocycles. The Labute approximate surface area is 178 Å². The number of nitrogens with zero attached hydrogens (tertiary/aromatic N) is 2. The molecule has 1 N–H and O–H groups in total. The number of carbonyl (C=O) groups is 1. The normalized spacial score (nSPS) is 17.0. The van der Waals surface area contributed by atoms with Gasteiger partial charge in [0, 0.05) is 31.9 Å². The van der Waals surface area contributed by atoms with Crippen molar-refractivity contribution >= 4 is 11.6 Å². The van der Waals surface area contributed by atoms with Crippen LogP contribution in [0.25, 0.3) is 0 Å². The third kappa shape index (κ3) is 4.10. The highest BCUT2D eigenvalue weighted by atomic mass is 16.5. The molecule has 2 aliphatic rings. The van der Waals surface area contributed by atoms with Crippen LogP contribution in [0.15, 0.2) is 36.4 Å². The highest BCUT2D eigenvalue weighted by Crippen LogP contribution is 2.32. The van der Waals surface area contributed by atoms with Crippen molar-refractivity contribution in [1.82, 2.24) is 10.2 Å². The molecule has 0 radical (unpaired) electrons. The molecule has 0 saturated carbocycles. The van der Waals surface area contributed by atoms with Crippen LogP contribution in [0.3, 0.4) is 0 Å². The molecular formula is C24H31N3O3. The smallest absolute Gasteiger partial charge is 0.255 e. The molecule has 0 bridgehead atoms. The Morgan fingerprint density at radius 2 is 1.87 bits per heavy atom. The van der Waals surface area contributed by atoms with Crippen LogP contribution in [0.5, 0.6) is 11.5 Å². The average Bonchev–Trinajstić information content (AvgIpc) is 3.43. The highest BCUT2D eigenvalue weighted by molar-refractivity contribution is 5.97. The van der Waals surface area contributed by atoms with E-state index in [1.165, 1.54) is 29.7 Å². The molecule has 0 unspecified atom stereocenters. The number of hydrogen-bond acceptors (Lipinski definition) is 5. The van der Waals surface area contributed by atoms with E-state index in [0.717, 1.165) is 26.1 Å². The Morgan fingerprint density at radius 3 is 2.60 bits per heavy atom. The van der Waals surface area contributed by atoms with Crippen molar-refractivity contribution in [3.05, 3.63) is 53.1 Å². The lowest BCUT2D eigenvalue weighted by Crippen LogP contribution is -2.37. The molecule has 6 nitrogen and oxygen atoms in total. The maximum Gasteiger partial charge on any atom is 0.255 e. The summed E-state index contributed by atoms with van der Waals surface area (Å²) in [5.41, 5.74) is 4.54. The summed E-state index contributed by atoms with van der Waals surface area (Å²) in [6.45, 7) is 3.79. The van der Waals surface area contributed by atoms with Gasteiger partial charge in [-0.3, -0.25) is 9.69 Å². The zero-order valence-electron chi connectivity index (χ0n) is 18.1. The number of methoxy groups -OCH3 is 2. The molecule has 1 amide bonds. The Kier molecular flexibility index (Phi) is 6.13. The fraction of sp³-hybridized carbons (Fsp3) is 0.458. The number of amides is 1. The minimum atomic E-state index is -0.125. The van der Waals surface area contributed by atoms with E-state index in [2.05, 4.69) is 40.4 Å². The Bertz CT molecular complexity index is 909. The standard InChI is InChI=1S/C24H31N3O3/c1-26-13-10-18-14-17(6-9-21(18)26)22(27-11-4-5-12-27)16-25-24(28)20-8-7-19(29-2)15-23(20)30-3/h6-9,14-15,22H,4-5,10-13,16H2,1-3H3,(H,25,28)/t22-/m1/s1. The zero-order valence-corrected chi connectivity index (χ0v) is 18.1. The van der Waals surface area contributed by atoms with Gasteiger partial charge in [-0.15, -0.1) is 0 Å². The van der Waals surface area contributed by atoms with Gasteiger partial charge in [-0.05, 0) is 61.7 Å². The molecule has 0 aliphatic carbocycles. The second-order valence-corrected chi connectivity index (χ2v) is 8.09. The van der Waals surface area contributed by atoms with Crippen LogP contribution in [0, 0.1) is 0 Å². The molecule has 0 spiro atoms. The molecule has 30 heavy (non-hydrogen) atoms. The van der Waals surface area contributed by atoms with E-state index in [1.807, 2.05) is 0 Å². The van der Waals surface area contributed by atoms with Crippen LogP contribution in [-0.4, -0.2) is 58.3 Å². The molecule has 1 atom stereocenters. The van der Waals surface area contributed by atoms with Crippen molar-refractivity contribution in [3.63, 3.8) is 0 Å². The predicted octanol–water partition coefficient (Wildman–Crippen LogP) is 3.26. The lowest BCUT2D eigenvalue weighted by molar-refractivity contribution is 0.0935. The van der Waals surface area contributed by atoms with Gasteiger partial charge in [0.25, 0.3) is 5.91 Å². The monoisotopic (exact) mass is 409 g/mol. The molecule has 6 heteroatoms. The zero-order chi connectivity index (χ0) is 21.1. The third-order valence-corrected chi connectivity index (χ3v) is 6.31. The summed E-state index contributed by atoms with van der Waals surface area (Å²) >= 11 is 0. The summed E-state index contributed by atoms with van der Waals surface area (Å²) in [5, 5.41) is 3.15. The van der Waals surface area contributed by atoms with Crippen LogP contribution in [0.2, 0.25) is 0 Å². The van der Waals surface area contributed by atoms with Crippen LogP contribution in [0.4, 0.5) is 5.69 Å². The molecule has 160 valence electrons. The first-order valence-corrected chi connectivity index (χ1v) is 10.7. The number of hydrogen-bond donors (Lipinski definition) is 1. The number of nitrogens with one attached hydrogen (secondary N) is 1. The SMILES string of the molecule is COc1ccc(C(=O)NC[C@H](c2ccc3c(c2)CCN3C)N2CCCC2)c(OC)c1. The first kappa shape index (κ1) is 20.5. The molecule has 2 heterocycles. The molecule has 1 fully saturated rings.